The van der Waals surface area contributed by atoms with Gasteiger partial charge in [0.15, 0.2) is 0 Å². The minimum absolute atomic E-state index is 0.170. The maximum atomic E-state index is 12.1. The van der Waals surface area contributed by atoms with Crippen LogP contribution < -0.4 is 5.73 Å². The standard InChI is InChI=1S/C21H39N3O2/c1-15-11-16(22)7-9-24(15)17-12-21(20(4,5)13-19(17,2)3)8-10-23(14-21)18(25)26-6/h15-17H,7-14,22H2,1-6H3. The van der Waals surface area contributed by atoms with Crippen LogP contribution in [-0.2, 0) is 4.74 Å². The number of rotatable bonds is 1. The summed E-state index contributed by atoms with van der Waals surface area (Å²) >= 11 is 0. The fourth-order valence-corrected chi connectivity index (χ4v) is 6.50. The molecule has 5 nitrogen and oxygen atoms in total. The molecule has 3 aliphatic rings. The number of carbonyl (C=O) groups is 1. The van der Waals surface area contributed by atoms with E-state index in [1.54, 1.807) is 0 Å². The molecule has 150 valence electrons. The van der Waals surface area contributed by atoms with E-state index in [0.29, 0.717) is 18.1 Å². The van der Waals surface area contributed by atoms with Crippen LogP contribution in [0.2, 0.25) is 0 Å². The van der Waals surface area contributed by atoms with Gasteiger partial charge >= 0.3 is 6.09 Å². The van der Waals surface area contributed by atoms with Crippen molar-refractivity contribution in [3.63, 3.8) is 0 Å². The van der Waals surface area contributed by atoms with E-state index < -0.39 is 0 Å². The monoisotopic (exact) mass is 365 g/mol. The molecule has 0 radical (unpaired) electrons. The Morgan fingerprint density at radius 3 is 2.50 bits per heavy atom. The number of methoxy groups -OCH3 is 1. The Morgan fingerprint density at radius 2 is 1.88 bits per heavy atom. The van der Waals surface area contributed by atoms with Crippen molar-refractivity contribution in [1.29, 1.82) is 0 Å². The molecule has 4 atom stereocenters. The summed E-state index contributed by atoms with van der Waals surface area (Å²) in [4.78, 5) is 16.8. The zero-order chi connectivity index (χ0) is 19.3. The Morgan fingerprint density at radius 1 is 1.19 bits per heavy atom. The highest BCUT2D eigenvalue weighted by molar-refractivity contribution is 5.68. The van der Waals surface area contributed by atoms with Crippen LogP contribution in [0.5, 0.6) is 0 Å². The van der Waals surface area contributed by atoms with Gasteiger partial charge in [-0.1, -0.05) is 27.7 Å². The maximum Gasteiger partial charge on any atom is 0.409 e. The van der Waals surface area contributed by atoms with Crippen LogP contribution in [-0.4, -0.2) is 60.8 Å². The van der Waals surface area contributed by atoms with Gasteiger partial charge in [0, 0.05) is 37.8 Å². The average molecular weight is 366 g/mol. The van der Waals surface area contributed by atoms with Crippen LogP contribution in [0.1, 0.15) is 66.7 Å². The summed E-state index contributed by atoms with van der Waals surface area (Å²) in [7, 11) is 1.49. The van der Waals surface area contributed by atoms with E-state index in [-0.39, 0.29) is 22.3 Å². The number of nitrogens with two attached hydrogens (primary N) is 1. The maximum absolute atomic E-state index is 12.1. The lowest BCUT2D eigenvalue weighted by Gasteiger charge is -2.61. The van der Waals surface area contributed by atoms with Crippen LogP contribution in [0, 0.1) is 16.2 Å². The summed E-state index contributed by atoms with van der Waals surface area (Å²) < 4.78 is 5.01. The van der Waals surface area contributed by atoms with Crippen molar-refractivity contribution in [3.05, 3.63) is 0 Å². The summed E-state index contributed by atoms with van der Waals surface area (Å²) in [5.41, 5.74) is 6.89. The van der Waals surface area contributed by atoms with Crippen molar-refractivity contribution in [2.24, 2.45) is 22.0 Å². The molecule has 1 spiro atoms. The van der Waals surface area contributed by atoms with Gasteiger partial charge in [0.2, 0.25) is 0 Å². The fourth-order valence-electron chi connectivity index (χ4n) is 6.50. The Balaban J connectivity index is 1.87. The van der Waals surface area contributed by atoms with Crippen LogP contribution in [0.15, 0.2) is 0 Å². The lowest BCUT2D eigenvalue weighted by Crippen LogP contribution is -2.62. The molecule has 2 saturated heterocycles. The normalized spacial score (nSPS) is 40.0. The number of likely N-dealkylation sites (tertiary alicyclic amines) is 2. The van der Waals surface area contributed by atoms with Gasteiger partial charge in [-0.15, -0.1) is 0 Å². The number of hydrogen-bond donors (Lipinski definition) is 1. The van der Waals surface area contributed by atoms with Gasteiger partial charge in [-0.25, -0.2) is 4.79 Å². The predicted molar refractivity (Wildman–Crippen MR) is 105 cm³/mol. The molecule has 4 unspecified atom stereocenters. The molecule has 0 bridgehead atoms. The molecular formula is C21H39N3O2. The molecule has 0 aromatic rings. The van der Waals surface area contributed by atoms with Crippen molar-refractivity contribution in [2.45, 2.75) is 84.8 Å². The highest BCUT2D eigenvalue weighted by Crippen LogP contribution is 2.61. The van der Waals surface area contributed by atoms with Crippen LogP contribution in [0.25, 0.3) is 0 Å². The Bertz CT molecular complexity index is 547. The third-order valence-electron chi connectivity index (χ3n) is 7.97. The number of hydrogen-bond acceptors (Lipinski definition) is 4. The first-order chi connectivity index (χ1) is 12.0. The second-order valence-corrected chi connectivity index (χ2v) is 10.6. The Hall–Kier alpha value is -0.810. The minimum Gasteiger partial charge on any atom is -0.453 e. The van der Waals surface area contributed by atoms with Gasteiger partial charge in [0.1, 0.15) is 0 Å². The Labute approximate surface area is 159 Å². The number of carbonyl (C=O) groups excluding carboxylic acids is 1. The molecule has 0 aromatic heterocycles. The lowest BCUT2D eigenvalue weighted by molar-refractivity contribution is -0.105. The number of piperidine rings is 1. The van der Waals surface area contributed by atoms with Crippen molar-refractivity contribution >= 4 is 6.09 Å². The molecular weight excluding hydrogens is 326 g/mol. The van der Waals surface area contributed by atoms with Gasteiger partial charge in [-0.3, -0.25) is 4.90 Å². The lowest BCUT2D eigenvalue weighted by atomic mass is 9.49. The van der Waals surface area contributed by atoms with E-state index in [1.165, 1.54) is 20.0 Å². The summed E-state index contributed by atoms with van der Waals surface area (Å²) in [6.07, 6.45) is 5.47. The van der Waals surface area contributed by atoms with Crippen molar-refractivity contribution in [3.8, 4) is 0 Å². The van der Waals surface area contributed by atoms with E-state index in [9.17, 15) is 4.79 Å². The molecule has 0 aromatic carbocycles. The first kappa shape index (κ1) is 19.9. The van der Waals surface area contributed by atoms with Gasteiger partial charge in [0.05, 0.1) is 7.11 Å². The van der Waals surface area contributed by atoms with Crippen LogP contribution in [0.4, 0.5) is 4.79 Å². The molecule has 26 heavy (non-hydrogen) atoms. The molecule has 1 saturated carbocycles. The molecule has 3 fully saturated rings. The predicted octanol–water partition coefficient (Wildman–Crippen LogP) is 3.47. The third kappa shape index (κ3) is 3.26. The highest BCUT2D eigenvalue weighted by atomic mass is 16.5. The molecule has 2 N–H and O–H groups in total. The third-order valence-corrected chi connectivity index (χ3v) is 7.97. The topological polar surface area (TPSA) is 58.8 Å². The van der Waals surface area contributed by atoms with Crippen LogP contribution >= 0.6 is 0 Å². The second kappa shape index (κ2) is 6.66. The summed E-state index contributed by atoms with van der Waals surface area (Å²) in [5, 5.41) is 0. The molecule has 2 heterocycles. The zero-order valence-corrected chi connectivity index (χ0v) is 17.7. The van der Waals surface area contributed by atoms with E-state index in [2.05, 4.69) is 39.5 Å². The molecule has 5 heteroatoms. The van der Waals surface area contributed by atoms with Gasteiger partial charge in [-0.2, -0.15) is 0 Å². The van der Waals surface area contributed by atoms with Gasteiger partial charge in [0.25, 0.3) is 0 Å². The largest absolute Gasteiger partial charge is 0.453 e. The quantitative estimate of drug-likeness (QED) is 0.773. The van der Waals surface area contributed by atoms with Gasteiger partial charge < -0.3 is 15.4 Å². The van der Waals surface area contributed by atoms with E-state index >= 15 is 0 Å². The van der Waals surface area contributed by atoms with E-state index in [1.807, 2.05) is 4.90 Å². The van der Waals surface area contributed by atoms with Crippen LogP contribution in [0.3, 0.4) is 0 Å². The molecule has 3 rings (SSSR count). The fraction of sp³-hybridized carbons (Fsp3) is 0.952. The highest BCUT2D eigenvalue weighted by Gasteiger charge is 2.59. The smallest absolute Gasteiger partial charge is 0.409 e. The second-order valence-electron chi connectivity index (χ2n) is 10.6. The average Bonchev–Trinajstić information content (AvgIpc) is 2.96. The number of nitrogens with zero attached hydrogens (tertiary/aromatic N) is 2. The molecule has 2 aliphatic heterocycles. The first-order valence-electron chi connectivity index (χ1n) is 10.4. The summed E-state index contributed by atoms with van der Waals surface area (Å²) in [6, 6.07) is 1.44. The SMILES string of the molecule is COC(=O)N1CCC2(CC(N3CCC(N)CC3C)C(C)(C)CC2(C)C)C1. The Kier molecular flexibility index (Phi) is 5.11. The number of ether oxygens (including phenoxy) is 1. The van der Waals surface area contributed by atoms with Gasteiger partial charge in [-0.05, 0) is 55.3 Å². The molecule has 1 aliphatic carbocycles. The van der Waals surface area contributed by atoms with Crippen molar-refractivity contribution < 1.29 is 9.53 Å². The van der Waals surface area contributed by atoms with Crippen molar-refractivity contribution in [2.75, 3.05) is 26.7 Å². The summed E-state index contributed by atoms with van der Waals surface area (Å²) in [6.45, 7) is 14.8. The number of amides is 1. The van der Waals surface area contributed by atoms with E-state index in [4.69, 9.17) is 10.5 Å². The minimum atomic E-state index is -0.170. The summed E-state index contributed by atoms with van der Waals surface area (Å²) in [5.74, 6) is 0. The molecule has 1 amide bonds. The zero-order valence-electron chi connectivity index (χ0n) is 17.7. The van der Waals surface area contributed by atoms with E-state index in [0.717, 1.165) is 38.9 Å². The first-order valence-corrected chi connectivity index (χ1v) is 10.4. The van der Waals surface area contributed by atoms with Crippen molar-refractivity contribution in [1.82, 2.24) is 9.80 Å².